The molecule has 4 aromatic rings. The first kappa shape index (κ1) is 22.6. The molecule has 1 fully saturated rings. The molecule has 5 rings (SSSR count). The first-order valence-corrected chi connectivity index (χ1v) is 11.6. The third-order valence-electron chi connectivity index (χ3n) is 6.54. The maximum atomic E-state index is 12.6. The Morgan fingerprint density at radius 1 is 1.17 bits per heavy atom. The Labute approximate surface area is 202 Å². The largest absolute Gasteiger partial charge is 0.398 e. The van der Waals surface area contributed by atoms with E-state index in [-0.39, 0.29) is 24.3 Å². The number of piperidine rings is 1. The number of aryl methyl sites for hydroxylation is 2. The molecule has 1 aliphatic rings. The van der Waals surface area contributed by atoms with E-state index < -0.39 is 0 Å². The Morgan fingerprint density at radius 2 is 1.94 bits per heavy atom. The number of carbonyl (C=O) groups is 2. The molecule has 1 saturated heterocycles. The van der Waals surface area contributed by atoms with Gasteiger partial charge in [0.25, 0.3) is 5.91 Å². The maximum absolute atomic E-state index is 12.6. The molecule has 2 amide bonds. The van der Waals surface area contributed by atoms with Crippen LogP contribution < -0.4 is 11.1 Å². The van der Waals surface area contributed by atoms with Gasteiger partial charge in [-0.3, -0.25) is 14.3 Å². The predicted octanol–water partition coefficient (Wildman–Crippen LogP) is 2.65. The highest BCUT2D eigenvalue weighted by Crippen LogP contribution is 2.30. The van der Waals surface area contributed by atoms with Crippen LogP contribution in [0, 0.1) is 6.92 Å². The number of para-hydroxylation sites is 1. The van der Waals surface area contributed by atoms with Crippen molar-refractivity contribution < 1.29 is 14.1 Å². The van der Waals surface area contributed by atoms with Crippen molar-refractivity contribution in [1.29, 1.82) is 0 Å². The van der Waals surface area contributed by atoms with Crippen LogP contribution in [0.2, 0.25) is 0 Å². The molecule has 3 N–H and O–H groups in total. The lowest BCUT2D eigenvalue weighted by molar-refractivity contribution is -0.131. The Bertz CT molecular complexity index is 1400. The average Bonchev–Trinajstić information content (AvgIpc) is 3.47. The first-order valence-electron chi connectivity index (χ1n) is 11.6. The minimum Gasteiger partial charge on any atom is -0.398 e. The van der Waals surface area contributed by atoms with E-state index in [2.05, 4.69) is 20.6 Å². The standard InChI is InChI=1S/C25H27N7O3/c1-15-18-8-7-17(13-21(18)31(2)29-15)23-28-25(35-30-23)16-9-11-32(12-10-16)22(33)14-27-24(34)19-5-3-4-6-20(19)26/h3-8,13,16H,9-12,14,26H2,1-2H3,(H,27,34). The Hall–Kier alpha value is -4.21. The van der Waals surface area contributed by atoms with Gasteiger partial charge < -0.3 is 20.5 Å². The topological polar surface area (TPSA) is 132 Å². The van der Waals surface area contributed by atoms with E-state index in [1.807, 2.05) is 36.9 Å². The third kappa shape index (κ3) is 4.46. The predicted molar refractivity (Wildman–Crippen MR) is 130 cm³/mol. The Balaban J connectivity index is 1.17. The molecule has 10 nitrogen and oxygen atoms in total. The summed E-state index contributed by atoms with van der Waals surface area (Å²) >= 11 is 0. The second kappa shape index (κ2) is 9.21. The second-order valence-corrected chi connectivity index (χ2v) is 8.82. The van der Waals surface area contributed by atoms with Gasteiger partial charge in [0.15, 0.2) is 0 Å². The summed E-state index contributed by atoms with van der Waals surface area (Å²) < 4.78 is 7.43. The Kier molecular flexibility index (Phi) is 5.94. The highest BCUT2D eigenvalue weighted by Gasteiger charge is 2.28. The van der Waals surface area contributed by atoms with Gasteiger partial charge in [-0.15, -0.1) is 0 Å². The van der Waals surface area contributed by atoms with Gasteiger partial charge in [-0.05, 0) is 38.0 Å². The lowest BCUT2D eigenvalue weighted by atomic mass is 9.96. The smallest absolute Gasteiger partial charge is 0.253 e. The van der Waals surface area contributed by atoms with Crippen molar-refractivity contribution in [1.82, 2.24) is 30.1 Å². The van der Waals surface area contributed by atoms with Gasteiger partial charge >= 0.3 is 0 Å². The number of nitrogens with two attached hydrogens (primary N) is 1. The van der Waals surface area contributed by atoms with Crippen molar-refractivity contribution in [3.8, 4) is 11.4 Å². The molecule has 0 saturated carbocycles. The van der Waals surface area contributed by atoms with Crippen LogP contribution in [0.15, 0.2) is 47.0 Å². The van der Waals surface area contributed by atoms with Crippen LogP contribution in [0.3, 0.4) is 0 Å². The molecule has 2 aromatic carbocycles. The molecule has 0 radical (unpaired) electrons. The molecule has 1 aliphatic heterocycles. The van der Waals surface area contributed by atoms with Gasteiger partial charge in [0, 0.05) is 42.7 Å². The summed E-state index contributed by atoms with van der Waals surface area (Å²) in [6.45, 7) is 3.03. The number of hydrogen-bond acceptors (Lipinski definition) is 7. The van der Waals surface area contributed by atoms with Crippen molar-refractivity contribution in [2.45, 2.75) is 25.7 Å². The number of fused-ring (bicyclic) bond motifs is 1. The number of nitrogen functional groups attached to an aromatic ring is 1. The van der Waals surface area contributed by atoms with E-state index in [1.165, 1.54) is 0 Å². The number of carbonyl (C=O) groups excluding carboxylic acids is 2. The van der Waals surface area contributed by atoms with Crippen LogP contribution in [0.4, 0.5) is 5.69 Å². The van der Waals surface area contributed by atoms with Gasteiger partial charge in [0.2, 0.25) is 17.6 Å². The molecule has 180 valence electrons. The van der Waals surface area contributed by atoms with E-state index in [4.69, 9.17) is 10.3 Å². The fourth-order valence-electron chi connectivity index (χ4n) is 4.54. The van der Waals surface area contributed by atoms with Crippen molar-refractivity contribution in [2.75, 3.05) is 25.4 Å². The number of rotatable bonds is 5. The van der Waals surface area contributed by atoms with E-state index in [0.717, 1.165) is 22.2 Å². The summed E-state index contributed by atoms with van der Waals surface area (Å²) in [5.74, 6) is 0.728. The highest BCUT2D eigenvalue weighted by molar-refractivity contribution is 6.00. The van der Waals surface area contributed by atoms with Gasteiger partial charge in [0.1, 0.15) is 0 Å². The molecule has 10 heteroatoms. The molecule has 0 spiro atoms. The number of aromatic nitrogens is 4. The summed E-state index contributed by atoms with van der Waals surface area (Å²) in [5, 5.41) is 12.4. The molecule has 2 aromatic heterocycles. The number of amides is 2. The molecular weight excluding hydrogens is 446 g/mol. The quantitative estimate of drug-likeness (QED) is 0.426. The van der Waals surface area contributed by atoms with E-state index >= 15 is 0 Å². The number of nitrogens with one attached hydrogen (secondary N) is 1. The average molecular weight is 474 g/mol. The number of anilines is 1. The minimum absolute atomic E-state index is 0.0709. The van der Waals surface area contributed by atoms with Crippen molar-refractivity contribution in [3.05, 3.63) is 59.6 Å². The summed E-state index contributed by atoms with van der Waals surface area (Å²) in [7, 11) is 1.92. The second-order valence-electron chi connectivity index (χ2n) is 8.82. The van der Waals surface area contributed by atoms with E-state index in [0.29, 0.717) is 48.9 Å². The number of nitrogens with zero attached hydrogens (tertiary/aromatic N) is 5. The first-order chi connectivity index (χ1) is 16.9. The molecule has 0 unspecified atom stereocenters. The normalized spacial score (nSPS) is 14.4. The molecule has 35 heavy (non-hydrogen) atoms. The van der Waals surface area contributed by atoms with Gasteiger partial charge in [-0.25, -0.2) is 0 Å². The van der Waals surface area contributed by atoms with E-state index in [9.17, 15) is 9.59 Å². The van der Waals surface area contributed by atoms with Gasteiger partial charge in [-0.2, -0.15) is 10.1 Å². The van der Waals surface area contributed by atoms with Crippen molar-refractivity contribution >= 4 is 28.4 Å². The van der Waals surface area contributed by atoms with E-state index in [1.54, 1.807) is 29.2 Å². The molecule has 0 aliphatic carbocycles. The van der Waals surface area contributed by atoms with Crippen LogP contribution in [0.5, 0.6) is 0 Å². The maximum Gasteiger partial charge on any atom is 0.253 e. The van der Waals surface area contributed by atoms with Crippen LogP contribution in [-0.2, 0) is 11.8 Å². The number of benzene rings is 2. The third-order valence-corrected chi connectivity index (χ3v) is 6.54. The zero-order chi connectivity index (χ0) is 24.5. The van der Waals surface area contributed by atoms with Crippen LogP contribution in [0.1, 0.15) is 40.7 Å². The van der Waals surface area contributed by atoms with Gasteiger partial charge in [0.05, 0.1) is 23.3 Å². The SMILES string of the molecule is Cc1nn(C)c2cc(-c3noc(C4CCN(C(=O)CNC(=O)c5ccccc5N)CC4)n3)ccc12. The zero-order valence-electron chi connectivity index (χ0n) is 19.7. The molecule has 0 bridgehead atoms. The van der Waals surface area contributed by atoms with Gasteiger partial charge in [-0.1, -0.05) is 29.4 Å². The summed E-state index contributed by atoms with van der Waals surface area (Å²) in [6.07, 6.45) is 1.43. The van der Waals surface area contributed by atoms with Crippen LogP contribution >= 0.6 is 0 Å². The minimum atomic E-state index is -0.357. The highest BCUT2D eigenvalue weighted by atomic mass is 16.5. The summed E-state index contributed by atoms with van der Waals surface area (Å²) in [4.78, 5) is 31.3. The fourth-order valence-corrected chi connectivity index (χ4v) is 4.54. The molecule has 3 heterocycles. The lowest BCUT2D eigenvalue weighted by Gasteiger charge is -2.30. The van der Waals surface area contributed by atoms with Crippen LogP contribution in [-0.4, -0.2) is 56.3 Å². The lowest BCUT2D eigenvalue weighted by Crippen LogP contribution is -2.43. The molecule has 0 atom stereocenters. The number of likely N-dealkylation sites (tertiary alicyclic amines) is 1. The number of hydrogen-bond donors (Lipinski definition) is 2. The van der Waals surface area contributed by atoms with Crippen molar-refractivity contribution in [3.63, 3.8) is 0 Å². The summed E-state index contributed by atoms with van der Waals surface area (Å²) in [5.41, 5.74) is 9.45. The van der Waals surface area contributed by atoms with Crippen molar-refractivity contribution in [2.24, 2.45) is 7.05 Å². The zero-order valence-corrected chi connectivity index (χ0v) is 19.7. The monoisotopic (exact) mass is 473 g/mol. The van der Waals surface area contributed by atoms with Crippen LogP contribution in [0.25, 0.3) is 22.3 Å². The molecular formula is C25H27N7O3. The summed E-state index contributed by atoms with van der Waals surface area (Å²) in [6, 6.07) is 12.8. The Morgan fingerprint density at radius 3 is 2.71 bits per heavy atom. The fraction of sp³-hybridized carbons (Fsp3) is 0.320.